The second-order valence-corrected chi connectivity index (χ2v) is 6.74. The average molecular weight is 331 g/mol. The van der Waals surface area contributed by atoms with Crippen LogP contribution in [0.4, 0.5) is 0 Å². The topological polar surface area (TPSA) is 43.9 Å². The number of rotatable bonds is 8. The van der Waals surface area contributed by atoms with Gasteiger partial charge in [0.1, 0.15) is 0 Å². The van der Waals surface area contributed by atoms with E-state index in [1.54, 1.807) is 0 Å². The molecule has 132 valence electrons. The molecule has 1 aromatic rings. The van der Waals surface area contributed by atoms with Crippen molar-refractivity contribution < 1.29 is 9.59 Å². The molecule has 1 fully saturated rings. The zero-order valence-electron chi connectivity index (χ0n) is 15.1. The predicted molar refractivity (Wildman–Crippen MR) is 95.4 cm³/mol. The van der Waals surface area contributed by atoms with Gasteiger partial charge in [-0.25, -0.2) is 0 Å². The van der Waals surface area contributed by atoms with Crippen LogP contribution in [-0.4, -0.2) is 66.8 Å². The summed E-state index contributed by atoms with van der Waals surface area (Å²) in [5.41, 5.74) is 1.12. The van der Waals surface area contributed by atoms with Crippen LogP contribution in [0, 0.1) is 5.92 Å². The fourth-order valence-electron chi connectivity index (χ4n) is 3.14. The fraction of sp³-hybridized carbons (Fsp3) is 0.579. The van der Waals surface area contributed by atoms with Gasteiger partial charge in [-0.15, -0.1) is 0 Å². The van der Waals surface area contributed by atoms with E-state index in [0.717, 1.165) is 25.1 Å². The Labute approximate surface area is 145 Å². The van der Waals surface area contributed by atoms with E-state index in [1.165, 1.54) is 0 Å². The normalized spacial score (nSPS) is 17.6. The lowest BCUT2D eigenvalue weighted by atomic mass is 10.1. The Balaban J connectivity index is 1.90. The van der Waals surface area contributed by atoms with Gasteiger partial charge in [-0.2, -0.15) is 0 Å². The Morgan fingerprint density at radius 3 is 2.58 bits per heavy atom. The number of carbonyl (C=O) groups is 2. The van der Waals surface area contributed by atoms with Crippen LogP contribution >= 0.6 is 0 Å². The van der Waals surface area contributed by atoms with Gasteiger partial charge in [-0.1, -0.05) is 30.3 Å². The second-order valence-electron chi connectivity index (χ2n) is 6.74. The number of likely N-dealkylation sites (tertiary alicyclic amines) is 1. The maximum Gasteiger partial charge on any atom is 0.228 e. The molecule has 1 aliphatic heterocycles. The van der Waals surface area contributed by atoms with E-state index in [0.29, 0.717) is 26.1 Å². The SMILES string of the molecule is CCN(Cc1ccccc1)C(=O)C1CC(=O)N(CCCN(C)C)C1. The van der Waals surface area contributed by atoms with Crippen LogP contribution in [0.15, 0.2) is 30.3 Å². The third-order valence-electron chi connectivity index (χ3n) is 4.51. The van der Waals surface area contributed by atoms with Crippen molar-refractivity contribution in [3.05, 3.63) is 35.9 Å². The van der Waals surface area contributed by atoms with Crippen molar-refractivity contribution in [3.8, 4) is 0 Å². The summed E-state index contributed by atoms with van der Waals surface area (Å²) in [5.74, 6) is 0.0215. The van der Waals surface area contributed by atoms with Crippen molar-refractivity contribution in [2.45, 2.75) is 26.3 Å². The molecule has 1 saturated heterocycles. The van der Waals surface area contributed by atoms with Gasteiger partial charge in [0, 0.05) is 32.6 Å². The first-order chi connectivity index (χ1) is 11.5. The summed E-state index contributed by atoms with van der Waals surface area (Å²) in [6.45, 7) is 5.53. The fourth-order valence-corrected chi connectivity index (χ4v) is 3.14. The summed E-state index contributed by atoms with van der Waals surface area (Å²) in [4.78, 5) is 30.8. The van der Waals surface area contributed by atoms with Gasteiger partial charge in [-0.3, -0.25) is 9.59 Å². The van der Waals surface area contributed by atoms with Gasteiger partial charge >= 0.3 is 0 Å². The Morgan fingerprint density at radius 2 is 1.96 bits per heavy atom. The summed E-state index contributed by atoms with van der Waals surface area (Å²) in [5, 5.41) is 0. The molecule has 24 heavy (non-hydrogen) atoms. The van der Waals surface area contributed by atoms with Crippen LogP contribution in [0.5, 0.6) is 0 Å². The minimum atomic E-state index is -0.194. The third-order valence-corrected chi connectivity index (χ3v) is 4.51. The molecule has 0 aromatic heterocycles. The van der Waals surface area contributed by atoms with Gasteiger partial charge in [0.15, 0.2) is 0 Å². The molecule has 0 radical (unpaired) electrons. The van der Waals surface area contributed by atoms with Crippen molar-refractivity contribution in [2.24, 2.45) is 5.92 Å². The zero-order valence-corrected chi connectivity index (χ0v) is 15.1. The second kappa shape index (κ2) is 8.83. The minimum Gasteiger partial charge on any atom is -0.342 e. The molecule has 1 heterocycles. The van der Waals surface area contributed by atoms with Gasteiger partial charge < -0.3 is 14.7 Å². The van der Waals surface area contributed by atoms with E-state index >= 15 is 0 Å². The van der Waals surface area contributed by atoms with Gasteiger partial charge in [0.2, 0.25) is 11.8 Å². The first-order valence-corrected chi connectivity index (χ1v) is 8.76. The molecule has 0 spiro atoms. The molecule has 1 unspecified atom stereocenters. The molecule has 2 amide bonds. The van der Waals surface area contributed by atoms with Gasteiger partial charge in [0.05, 0.1) is 5.92 Å². The summed E-state index contributed by atoms with van der Waals surface area (Å²) in [6.07, 6.45) is 1.30. The summed E-state index contributed by atoms with van der Waals surface area (Å²) in [6, 6.07) is 10.0. The van der Waals surface area contributed by atoms with E-state index in [9.17, 15) is 9.59 Å². The lowest BCUT2D eigenvalue weighted by Gasteiger charge is -2.24. The van der Waals surface area contributed by atoms with Crippen molar-refractivity contribution >= 4 is 11.8 Å². The van der Waals surface area contributed by atoms with Gasteiger partial charge in [0.25, 0.3) is 0 Å². The molecule has 2 rings (SSSR count). The van der Waals surface area contributed by atoms with Crippen molar-refractivity contribution in [1.82, 2.24) is 14.7 Å². The number of hydrogen-bond acceptors (Lipinski definition) is 3. The maximum absolute atomic E-state index is 12.8. The highest BCUT2D eigenvalue weighted by atomic mass is 16.2. The first-order valence-electron chi connectivity index (χ1n) is 8.76. The van der Waals surface area contributed by atoms with Crippen LogP contribution in [0.1, 0.15) is 25.3 Å². The molecule has 1 aromatic carbocycles. The third kappa shape index (κ3) is 5.06. The Morgan fingerprint density at radius 1 is 1.25 bits per heavy atom. The number of carbonyl (C=O) groups excluding carboxylic acids is 2. The van der Waals surface area contributed by atoms with E-state index in [2.05, 4.69) is 4.90 Å². The van der Waals surface area contributed by atoms with Crippen LogP contribution in [-0.2, 0) is 16.1 Å². The summed E-state index contributed by atoms with van der Waals surface area (Å²) >= 11 is 0. The largest absolute Gasteiger partial charge is 0.342 e. The highest BCUT2D eigenvalue weighted by molar-refractivity contribution is 5.89. The first kappa shape index (κ1) is 18.5. The van der Waals surface area contributed by atoms with Gasteiger partial charge in [-0.05, 0) is 39.5 Å². The number of nitrogens with zero attached hydrogens (tertiary/aromatic N) is 3. The van der Waals surface area contributed by atoms with Crippen LogP contribution in [0.2, 0.25) is 0 Å². The predicted octanol–water partition coefficient (Wildman–Crippen LogP) is 1.84. The lowest BCUT2D eigenvalue weighted by Crippen LogP contribution is -2.37. The Kier molecular flexibility index (Phi) is 6.79. The standard InChI is InChI=1S/C19H29N3O2/c1-4-21(14-16-9-6-5-7-10-16)19(24)17-13-18(23)22(15-17)12-8-11-20(2)3/h5-7,9-10,17H,4,8,11-15H2,1-3H3. The molecule has 1 aliphatic rings. The maximum atomic E-state index is 12.8. The van der Waals surface area contributed by atoms with E-state index in [4.69, 9.17) is 0 Å². The lowest BCUT2D eigenvalue weighted by molar-refractivity contribution is -0.136. The van der Waals surface area contributed by atoms with Crippen LogP contribution < -0.4 is 0 Å². The molecule has 5 heteroatoms. The minimum absolute atomic E-state index is 0.102. The molecule has 5 nitrogen and oxygen atoms in total. The molecule has 0 aliphatic carbocycles. The van der Waals surface area contributed by atoms with E-state index in [-0.39, 0.29) is 17.7 Å². The number of hydrogen-bond donors (Lipinski definition) is 0. The monoisotopic (exact) mass is 331 g/mol. The average Bonchev–Trinajstić information content (AvgIpc) is 2.94. The quantitative estimate of drug-likeness (QED) is 0.730. The van der Waals surface area contributed by atoms with Crippen LogP contribution in [0.25, 0.3) is 0 Å². The van der Waals surface area contributed by atoms with Crippen molar-refractivity contribution in [1.29, 1.82) is 0 Å². The molecule has 1 atom stereocenters. The molecule has 0 bridgehead atoms. The Hall–Kier alpha value is -1.88. The number of benzene rings is 1. The molecule has 0 N–H and O–H groups in total. The summed E-state index contributed by atoms with van der Waals surface area (Å²) in [7, 11) is 4.06. The van der Waals surface area contributed by atoms with Crippen molar-refractivity contribution in [2.75, 3.05) is 40.3 Å². The molecular formula is C19H29N3O2. The summed E-state index contributed by atoms with van der Waals surface area (Å²) < 4.78 is 0. The van der Waals surface area contributed by atoms with Crippen LogP contribution in [0.3, 0.4) is 0 Å². The van der Waals surface area contributed by atoms with Crippen molar-refractivity contribution in [3.63, 3.8) is 0 Å². The zero-order chi connectivity index (χ0) is 17.5. The highest BCUT2D eigenvalue weighted by Crippen LogP contribution is 2.21. The molecular weight excluding hydrogens is 302 g/mol. The highest BCUT2D eigenvalue weighted by Gasteiger charge is 2.35. The Bertz CT molecular complexity index is 545. The van der Waals surface area contributed by atoms with E-state index in [1.807, 2.05) is 61.2 Å². The molecule has 0 saturated carbocycles. The smallest absolute Gasteiger partial charge is 0.228 e. The number of amides is 2. The van der Waals surface area contributed by atoms with E-state index < -0.39 is 0 Å².